The summed E-state index contributed by atoms with van der Waals surface area (Å²) in [6, 6.07) is 17.1. The van der Waals surface area contributed by atoms with Crippen LogP contribution >= 0.6 is 11.8 Å². The molecule has 3 rings (SSSR count). The van der Waals surface area contributed by atoms with Gasteiger partial charge in [-0.05, 0) is 17.7 Å². The van der Waals surface area contributed by atoms with Gasteiger partial charge in [0.05, 0.1) is 30.2 Å². The van der Waals surface area contributed by atoms with Crippen molar-refractivity contribution in [2.45, 2.75) is 17.8 Å². The Balaban J connectivity index is 2.00. The molecule has 1 atom stereocenters. The highest BCUT2D eigenvalue weighted by atomic mass is 32.2. The Labute approximate surface area is 150 Å². The lowest BCUT2D eigenvalue weighted by atomic mass is 10.2. The predicted molar refractivity (Wildman–Crippen MR) is 100 cm³/mol. The molecule has 25 heavy (non-hydrogen) atoms. The van der Waals surface area contributed by atoms with Crippen LogP contribution in [0.1, 0.15) is 5.56 Å². The van der Waals surface area contributed by atoms with Crippen molar-refractivity contribution < 1.29 is 9.84 Å². The van der Waals surface area contributed by atoms with E-state index in [0.29, 0.717) is 28.4 Å². The SMILES string of the molecule is COCC(O)CSc1nc2ccccc2c(=O)n1Cc1ccccc1. The first kappa shape index (κ1) is 17.7. The van der Waals surface area contributed by atoms with E-state index in [1.165, 1.54) is 11.8 Å². The first-order chi connectivity index (χ1) is 12.2. The lowest BCUT2D eigenvalue weighted by Gasteiger charge is -2.14. The number of aliphatic hydroxyl groups excluding tert-OH is 1. The van der Waals surface area contributed by atoms with Gasteiger partial charge < -0.3 is 9.84 Å². The Bertz CT molecular complexity index is 896. The number of hydrogen-bond donors (Lipinski definition) is 1. The minimum Gasteiger partial charge on any atom is -0.390 e. The van der Waals surface area contributed by atoms with Crippen LogP contribution in [-0.2, 0) is 11.3 Å². The highest BCUT2D eigenvalue weighted by molar-refractivity contribution is 7.99. The van der Waals surface area contributed by atoms with Crippen LogP contribution < -0.4 is 5.56 Å². The van der Waals surface area contributed by atoms with E-state index >= 15 is 0 Å². The summed E-state index contributed by atoms with van der Waals surface area (Å²) in [4.78, 5) is 17.6. The molecule has 6 heteroatoms. The second-order valence-electron chi connectivity index (χ2n) is 5.71. The number of rotatable bonds is 7. The summed E-state index contributed by atoms with van der Waals surface area (Å²) < 4.78 is 6.63. The lowest BCUT2D eigenvalue weighted by Crippen LogP contribution is -2.25. The maximum Gasteiger partial charge on any atom is 0.262 e. The third-order valence-corrected chi connectivity index (χ3v) is 4.90. The predicted octanol–water partition coefficient (Wildman–Crippen LogP) is 2.54. The first-order valence-electron chi connectivity index (χ1n) is 8.02. The molecule has 0 aliphatic rings. The Morgan fingerprint density at radius 1 is 1.16 bits per heavy atom. The molecule has 0 fully saturated rings. The number of nitrogens with zero attached hydrogens (tertiary/aromatic N) is 2. The van der Waals surface area contributed by atoms with Crippen LogP contribution in [0.4, 0.5) is 0 Å². The quantitative estimate of drug-likeness (QED) is 0.521. The van der Waals surface area contributed by atoms with E-state index in [4.69, 9.17) is 4.74 Å². The Morgan fingerprint density at radius 3 is 2.64 bits per heavy atom. The highest BCUT2D eigenvalue weighted by Gasteiger charge is 2.14. The molecule has 2 aromatic carbocycles. The first-order valence-corrected chi connectivity index (χ1v) is 9.01. The minimum atomic E-state index is -0.608. The van der Waals surface area contributed by atoms with Gasteiger partial charge in [-0.2, -0.15) is 0 Å². The van der Waals surface area contributed by atoms with Gasteiger partial charge in [-0.3, -0.25) is 9.36 Å². The zero-order chi connectivity index (χ0) is 17.6. The maximum absolute atomic E-state index is 12.9. The normalized spacial score (nSPS) is 12.4. The number of para-hydroxylation sites is 1. The summed E-state index contributed by atoms with van der Waals surface area (Å²) >= 11 is 1.37. The molecule has 1 N–H and O–H groups in total. The smallest absolute Gasteiger partial charge is 0.262 e. The van der Waals surface area contributed by atoms with Gasteiger partial charge in [0.15, 0.2) is 5.16 Å². The van der Waals surface area contributed by atoms with E-state index in [1.54, 1.807) is 17.7 Å². The molecule has 0 spiro atoms. The molecule has 0 aliphatic heterocycles. The second-order valence-corrected chi connectivity index (χ2v) is 6.70. The second kappa shape index (κ2) is 8.29. The third kappa shape index (κ3) is 4.28. The summed E-state index contributed by atoms with van der Waals surface area (Å²) in [6.45, 7) is 0.698. The molecule has 0 radical (unpaired) electrons. The minimum absolute atomic E-state index is 0.0711. The van der Waals surface area contributed by atoms with Gasteiger partial charge >= 0.3 is 0 Å². The van der Waals surface area contributed by atoms with Crippen molar-refractivity contribution in [3.63, 3.8) is 0 Å². The Hall–Kier alpha value is -2.15. The topological polar surface area (TPSA) is 64.3 Å². The fourth-order valence-electron chi connectivity index (χ4n) is 2.57. The maximum atomic E-state index is 12.9. The van der Waals surface area contributed by atoms with Gasteiger partial charge in [-0.25, -0.2) is 4.98 Å². The molecule has 0 bridgehead atoms. The van der Waals surface area contributed by atoms with Crippen molar-refractivity contribution in [1.82, 2.24) is 9.55 Å². The van der Waals surface area contributed by atoms with Crippen LogP contribution in [0.5, 0.6) is 0 Å². The number of methoxy groups -OCH3 is 1. The summed E-state index contributed by atoms with van der Waals surface area (Å²) in [7, 11) is 1.55. The summed E-state index contributed by atoms with van der Waals surface area (Å²) in [5.74, 6) is 0.410. The van der Waals surface area contributed by atoms with E-state index in [1.807, 2.05) is 48.5 Å². The molecule has 5 nitrogen and oxygen atoms in total. The number of benzene rings is 2. The van der Waals surface area contributed by atoms with Gasteiger partial charge in [0, 0.05) is 12.9 Å². The summed E-state index contributed by atoms with van der Waals surface area (Å²) in [5.41, 5.74) is 1.62. The summed E-state index contributed by atoms with van der Waals surface area (Å²) in [5, 5.41) is 11.1. The Morgan fingerprint density at radius 2 is 1.88 bits per heavy atom. The zero-order valence-electron chi connectivity index (χ0n) is 14.0. The van der Waals surface area contributed by atoms with Crippen LogP contribution in [-0.4, -0.2) is 40.2 Å². The molecule has 0 saturated heterocycles. The fourth-order valence-corrected chi connectivity index (χ4v) is 3.48. The van der Waals surface area contributed by atoms with Crippen LogP contribution in [0, 0.1) is 0 Å². The molecule has 1 unspecified atom stereocenters. The summed E-state index contributed by atoms with van der Waals surface area (Å²) in [6.07, 6.45) is -0.608. The molecule has 1 heterocycles. The van der Waals surface area contributed by atoms with Gasteiger partial charge in [-0.15, -0.1) is 0 Å². The molecule has 3 aromatic rings. The van der Waals surface area contributed by atoms with Crippen LogP contribution in [0.3, 0.4) is 0 Å². The van der Waals surface area contributed by atoms with Gasteiger partial charge in [0.2, 0.25) is 0 Å². The van der Waals surface area contributed by atoms with Crippen molar-refractivity contribution >= 4 is 22.7 Å². The van der Waals surface area contributed by atoms with Crippen molar-refractivity contribution in [2.24, 2.45) is 0 Å². The van der Waals surface area contributed by atoms with E-state index in [2.05, 4.69) is 4.98 Å². The van der Waals surface area contributed by atoms with Crippen LogP contribution in [0.15, 0.2) is 64.5 Å². The van der Waals surface area contributed by atoms with E-state index in [0.717, 1.165) is 5.56 Å². The van der Waals surface area contributed by atoms with Gasteiger partial charge in [-0.1, -0.05) is 54.2 Å². The third-order valence-electron chi connectivity index (χ3n) is 3.77. The number of aliphatic hydroxyl groups is 1. The van der Waals surface area contributed by atoms with E-state index < -0.39 is 6.10 Å². The van der Waals surface area contributed by atoms with E-state index in [-0.39, 0.29) is 12.2 Å². The average molecular weight is 356 g/mol. The number of fused-ring (bicyclic) bond motifs is 1. The zero-order valence-corrected chi connectivity index (χ0v) is 14.8. The monoisotopic (exact) mass is 356 g/mol. The van der Waals surface area contributed by atoms with Crippen molar-refractivity contribution in [3.05, 3.63) is 70.5 Å². The molecule has 0 aliphatic carbocycles. The highest BCUT2D eigenvalue weighted by Crippen LogP contribution is 2.20. The molecule has 130 valence electrons. The Kier molecular flexibility index (Phi) is 5.86. The van der Waals surface area contributed by atoms with E-state index in [9.17, 15) is 9.90 Å². The van der Waals surface area contributed by atoms with Crippen LogP contribution in [0.25, 0.3) is 10.9 Å². The molecule has 0 saturated carbocycles. The number of aromatic nitrogens is 2. The molecule has 1 aromatic heterocycles. The number of hydrogen-bond acceptors (Lipinski definition) is 5. The number of ether oxygens (including phenoxy) is 1. The standard InChI is InChI=1S/C19H20N2O3S/c1-24-12-15(22)13-25-19-20-17-10-6-5-9-16(17)18(23)21(19)11-14-7-3-2-4-8-14/h2-10,15,22H,11-13H2,1H3. The lowest BCUT2D eigenvalue weighted by molar-refractivity contribution is 0.0793. The van der Waals surface area contributed by atoms with Gasteiger partial charge in [0.25, 0.3) is 5.56 Å². The van der Waals surface area contributed by atoms with Crippen molar-refractivity contribution in [3.8, 4) is 0 Å². The van der Waals surface area contributed by atoms with Crippen molar-refractivity contribution in [2.75, 3.05) is 19.5 Å². The number of thioether (sulfide) groups is 1. The van der Waals surface area contributed by atoms with Gasteiger partial charge in [0.1, 0.15) is 0 Å². The average Bonchev–Trinajstić information content (AvgIpc) is 2.64. The molecule has 0 amide bonds. The van der Waals surface area contributed by atoms with Crippen molar-refractivity contribution in [1.29, 1.82) is 0 Å². The molecular weight excluding hydrogens is 336 g/mol. The fraction of sp³-hybridized carbons (Fsp3) is 0.263. The molecular formula is C19H20N2O3S. The van der Waals surface area contributed by atoms with Crippen LogP contribution in [0.2, 0.25) is 0 Å². The largest absolute Gasteiger partial charge is 0.390 e.